The molecular formula is C39H48F3N4O9S2+. The SMILES string of the molecule is C=C(C)C(=O)OCCNC(=O)OCCN(CCCC)c1ccc2c(-c3ccccc3S(=O)(=O)NS(=O)(=O)C(F)(F)F)c3cc/c(=[N+](\CC)CCCC)cc-3oc2c1. The number of hydrogen-bond acceptors (Lipinski definition) is 10. The Hall–Kier alpha value is -4.94. The Morgan fingerprint density at radius 2 is 1.61 bits per heavy atom. The number of carbonyl (C=O) groups is 2. The number of hydrogen-bond donors (Lipinski definition) is 2. The zero-order valence-corrected chi connectivity index (χ0v) is 33.9. The van der Waals surface area contributed by atoms with E-state index in [1.165, 1.54) is 25.1 Å². The summed E-state index contributed by atoms with van der Waals surface area (Å²) in [6, 6.07) is 15.8. The molecular weight excluding hydrogens is 790 g/mol. The van der Waals surface area contributed by atoms with Crippen molar-refractivity contribution in [2.45, 2.75) is 63.8 Å². The predicted molar refractivity (Wildman–Crippen MR) is 211 cm³/mol. The molecule has 2 aliphatic rings. The van der Waals surface area contributed by atoms with Crippen LogP contribution in [0.15, 0.2) is 82.1 Å². The molecule has 13 nitrogen and oxygen atoms in total. The zero-order chi connectivity index (χ0) is 42.0. The number of amides is 1. The normalized spacial score (nSPS) is 12.7. The number of rotatable bonds is 19. The Labute approximate surface area is 330 Å². The van der Waals surface area contributed by atoms with Crippen LogP contribution in [0.3, 0.4) is 0 Å². The van der Waals surface area contributed by atoms with E-state index in [9.17, 15) is 39.6 Å². The molecule has 2 aromatic carbocycles. The zero-order valence-electron chi connectivity index (χ0n) is 32.3. The van der Waals surface area contributed by atoms with Crippen LogP contribution in [0.25, 0.3) is 33.4 Å². The van der Waals surface area contributed by atoms with Gasteiger partial charge in [0.25, 0.3) is 10.0 Å². The second-order valence-corrected chi connectivity index (χ2v) is 16.7. The van der Waals surface area contributed by atoms with Gasteiger partial charge in [-0.05, 0) is 44.5 Å². The number of fused-ring (bicyclic) bond motifs is 2. The van der Waals surface area contributed by atoms with Gasteiger partial charge in [0.2, 0.25) is 5.36 Å². The molecule has 2 N–H and O–H groups in total. The Balaban J connectivity index is 1.82. The number of alkyl carbamates (subject to hydrolysis) is 1. The smallest absolute Gasteiger partial charge is 0.460 e. The van der Waals surface area contributed by atoms with Gasteiger partial charge in [-0.1, -0.05) is 55.6 Å². The lowest BCUT2D eigenvalue weighted by molar-refractivity contribution is -0.138. The topological polar surface area (TPSA) is 164 Å². The fraction of sp³-hybridized carbons (Fsp3) is 0.410. The number of ether oxygens (including phenoxy) is 2. The fourth-order valence-electron chi connectivity index (χ4n) is 5.95. The maximum absolute atomic E-state index is 13.5. The minimum Gasteiger partial charge on any atom is -0.460 e. The quantitative estimate of drug-likeness (QED) is 0.0356. The van der Waals surface area contributed by atoms with Gasteiger partial charge in [-0.2, -0.15) is 13.2 Å². The van der Waals surface area contributed by atoms with Crippen molar-refractivity contribution in [3.8, 4) is 22.5 Å². The van der Waals surface area contributed by atoms with Crippen molar-refractivity contribution < 1.29 is 53.5 Å². The summed E-state index contributed by atoms with van der Waals surface area (Å²) in [5.41, 5.74) is -3.99. The number of nitrogens with zero attached hydrogens (tertiary/aromatic N) is 2. The van der Waals surface area contributed by atoms with E-state index in [0.717, 1.165) is 47.8 Å². The predicted octanol–water partition coefficient (Wildman–Crippen LogP) is 6.38. The van der Waals surface area contributed by atoms with Crippen molar-refractivity contribution in [2.75, 3.05) is 50.8 Å². The molecule has 18 heteroatoms. The van der Waals surface area contributed by atoms with Gasteiger partial charge in [0.05, 0.1) is 24.1 Å². The van der Waals surface area contributed by atoms with E-state index < -0.39 is 42.5 Å². The number of anilines is 1. The summed E-state index contributed by atoms with van der Waals surface area (Å²) in [4.78, 5) is 25.2. The number of benzene rings is 3. The van der Waals surface area contributed by atoms with Crippen LogP contribution in [0.2, 0.25) is 0 Å². The third-order valence-corrected chi connectivity index (χ3v) is 12.2. The van der Waals surface area contributed by atoms with E-state index in [4.69, 9.17) is 13.9 Å². The fourth-order valence-corrected chi connectivity index (χ4v) is 8.56. The summed E-state index contributed by atoms with van der Waals surface area (Å²) >= 11 is 0. The molecule has 0 saturated carbocycles. The number of alkyl halides is 3. The van der Waals surface area contributed by atoms with E-state index in [2.05, 4.69) is 23.4 Å². The van der Waals surface area contributed by atoms with E-state index in [0.29, 0.717) is 46.6 Å². The Bertz CT molecular complexity index is 2340. The first-order valence-electron chi connectivity index (χ1n) is 18.4. The monoisotopic (exact) mass is 837 g/mol. The average Bonchev–Trinajstić information content (AvgIpc) is 3.15. The molecule has 0 bridgehead atoms. The highest BCUT2D eigenvalue weighted by atomic mass is 32.3. The molecule has 1 heterocycles. The molecule has 1 amide bonds. The second kappa shape index (κ2) is 19.5. The van der Waals surface area contributed by atoms with E-state index in [-0.39, 0.29) is 37.4 Å². The lowest BCUT2D eigenvalue weighted by Gasteiger charge is -2.25. The van der Waals surface area contributed by atoms with E-state index in [1.807, 2.05) is 30.9 Å². The van der Waals surface area contributed by atoms with Crippen LogP contribution in [0.5, 0.6) is 0 Å². The summed E-state index contributed by atoms with van der Waals surface area (Å²) in [6.45, 7) is 13.4. The summed E-state index contributed by atoms with van der Waals surface area (Å²) < 4.78 is 111. The molecule has 0 spiro atoms. The minimum absolute atomic E-state index is 0.00765. The number of halogens is 3. The van der Waals surface area contributed by atoms with Gasteiger partial charge in [0, 0.05) is 58.4 Å². The Kier molecular flexibility index (Phi) is 15.3. The van der Waals surface area contributed by atoms with Crippen LogP contribution in [-0.2, 0) is 34.3 Å². The largest absolute Gasteiger partial charge is 0.512 e. The first-order chi connectivity index (χ1) is 26.9. The highest BCUT2D eigenvalue weighted by Crippen LogP contribution is 2.43. The van der Waals surface area contributed by atoms with Gasteiger partial charge in [-0.25, -0.2) is 31.0 Å². The van der Waals surface area contributed by atoms with Gasteiger partial charge in [-0.15, -0.1) is 0 Å². The third kappa shape index (κ3) is 11.3. The number of unbranched alkanes of at least 4 members (excludes halogenated alkanes) is 2. The van der Waals surface area contributed by atoms with E-state index in [1.54, 1.807) is 24.3 Å². The van der Waals surface area contributed by atoms with Crippen LogP contribution < -0.4 is 24.3 Å². The van der Waals surface area contributed by atoms with Crippen LogP contribution in [0, 0.1) is 0 Å². The molecule has 4 rings (SSSR count). The van der Waals surface area contributed by atoms with Crippen LogP contribution in [0.1, 0.15) is 53.4 Å². The molecule has 0 radical (unpaired) electrons. The van der Waals surface area contributed by atoms with Crippen LogP contribution in [0.4, 0.5) is 23.7 Å². The highest BCUT2D eigenvalue weighted by molar-refractivity contribution is 8.05. The third-order valence-electron chi connectivity index (χ3n) is 8.88. The maximum atomic E-state index is 13.5. The van der Waals surface area contributed by atoms with Gasteiger partial charge in [0.15, 0.2) is 0 Å². The molecule has 0 atom stereocenters. The average molecular weight is 838 g/mol. The minimum atomic E-state index is -6.29. The van der Waals surface area contributed by atoms with Crippen molar-refractivity contribution in [3.05, 3.63) is 78.2 Å². The van der Waals surface area contributed by atoms with Crippen molar-refractivity contribution in [1.82, 2.24) is 14.0 Å². The molecule has 0 aromatic heterocycles. The molecule has 57 heavy (non-hydrogen) atoms. The first-order valence-corrected chi connectivity index (χ1v) is 21.4. The summed E-state index contributed by atoms with van der Waals surface area (Å²) in [6.07, 6.45) is 2.82. The molecule has 0 fully saturated rings. The molecule has 1 aliphatic carbocycles. The summed E-state index contributed by atoms with van der Waals surface area (Å²) in [5.74, 6) is -0.226. The van der Waals surface area contributed by atoms with Gasteiger partial charge in [-0.3, -0.25) is 0 Å². The Morgan fingerprint density at radius 1 is 0.895 bits per heavy atom. The summed E-state index contributed by atoms with van der Waals surface area (Å²) in [5, 5.41) is 3.75. The maximum Gasteiger partial charge on any atom is 0.512 e. The number of esters is 1. The van der Waals surface area contributed by atoms with Gasteiger partial charge < -0.3 is 24.1 Å². The molecule has 1 aliphatic heterocycles. The summed E-state index contributed by atoms with van der Waals surface area (Å²) in [7, 11) is -11.6. The lowest BCUT2D eigenvalue weighted by atomic mass is 9.93. The Morgan fingerprint density at radius 3 is 2.28 bits per heavy atom. The first kappa shape index (κ1) is 44.8. The number of nitrogens with one attached hydrogen (secondary N) is 2. The second-order valence-electron chi connectivity index (χ2n) is 13.1. The van der Waals surface area contributed by atoms with Gasteiger partial charge >= 0.3 is 27.6 Å². The molecule has 2 aromatic rings. The number of sulfonamides is 2. The van der Waals surface area contributed by atoms with Gasteiger partial charge in [0.1, 0.15) is 37.6 Å². The standard InChI is InChI=1S/C39H47F3N4O9S2/c1-6-9-20-45(8-3)28-15-17-30-33(25-28)55-34-26-29(46(21-10-7-2)22-24-54-38(48)43-19-23-53-37(47)27(4)5)16-18-31(34)36(30)32-13-11-12-14-35(32)56(49,50)44-57(51,52)39(40,41)42/h11-18,25-26,44H,4,6-10,19-24H2,1-3,5H3/p+1. The molecule has 0 unspecified atom stereocenters. The van der Waals surface area contributed by atoms with E-state index >= 15 is 0 Å². The van der Waals surface area contributed by atoms with Crippen molar-refractivity contribution in [3.63, 3.8) is 0 Å². The molecule has 0 saturated heterocycles. The van der Waals surface area contributed by atoms with Crippen molar-refractivity contribution in [2.24, 2.45) is 0 Å². The van der Waals surface area contributed by atoms with Crippen molar-refractivity contribution >= 4 is 48.8 Å². The molecule has 310 valence electrons. The highest BCUT2D eigenvalue weighted by Gasteiger charge is 2.48. The van der Waals surface area contributed by atoms with Crippen LogP contribution >= 0.6 is 0 Å². The number of carbonyl (C=O) groups excluding carboxylic acids is 2. The van der Waals surface area contributed by atoms with Crippen molar-refractivity contribution in [1.29, 1.82) is 0 Å². The van der Waals surface area contributed by atoms with Crippen LogP contribution in [-0.4, -0.2) is 80.3 Å². The lowest BCUT2D eigenvalue weighted by Crippen LogP contribution is -2.40.